The maximum absolute atomic E-state index is 13.5. The average molecular weight is 442 g/mol. The van der Waals surface area contributed by atoms with Crippen molar-refractivity contribution < 1.29 is 4.39 Å². The number of rotatable bonds is 6. The predicted octanol–water partition coefficient (Wildman–Crippen LogP) is 5.52. The van der Waals surface area contributed by atoms with Gasteiger partial charge in [0.05, 0.1) is 11.6 Å². The molecule has 4 rings (SSSR count). The van der Waals surface area contributed by atoms with Gasteiger partial charge >= 0.3 is 0 Å². The van der Waals surface area contributed by atoms with E-state index >= 15 is 0 Å². The van der Waals surface area contributed by atoms with E-state index in [-0.39, 0.29) is 11.9 Å². The molecule has 1 atom stereocenters. The van der Waals surface area contributed by atoms with Crippen molar-refractivity contribution in [2.45, 2.75) is 23.9 Å². The van der Waals surface area contributed by atoms with Gasteiger partial charge in [0.15, 0.2) is 11.0 Å². The smallest absolute Gasteiger partial charge is 0.196 e. The minimum absolute atomic E-state index is 0.0304. The molecule has 8 heteroatoms. The Labute approximate surface area is 183 Å². The monoisotopic (exact) mass is 441 g/mol. The van der Waals surface area contributed by atoms with E-state index in [1.165, 1.54) is 23.9 Å². The highest BCUT2D eigenvalue weighted by Crippen LogP contribution is 2.31. The summed E-state index contributed by atoms with van der Waals surface area (Å²) in [6.45, 7) is 2.06. The van der Waals surface area contributed by atoms with Crippen LogP contribution in [0.2, 0.25) is 5.15 Å². The van der Waals surface area contributed by atoms with Gasteiger partial charge in [0.25, 0.3) is 0 Å². The number of pyridine rings is 1. The largest absolute Gasteiger partial charge is 0.300 e. The normalized spacial score (nSPS) is 12.6. The zero-order valence-electron chi connectivity index (χ0n) is 16.9. The second kappa shape index (κ2) is 8.71. The lowest BCUT2D eigenvalue weighted by atomic mass is 10.2. The molecule has 30 heavy (non-hydrogen) atoms. The maximum Gasteiger partial charge on any atom is 0.196 e. The molecule has 0 saturated carbocycles. The first-order valence-corrected chi connectivity index (χ1v) is 10.8. The third kappa shape index (κ3) is 4.19. The molecular weight excluding hydrogens is 421 g/mol. The quantitative estimate of drug-likeness (QED) is 0.291. The van der Waals surface area contributed by atoms with Crippen molar-refractivity contribution in [3.05, 3.63) is 77.0 Å². The number of para-hydroxylation sites is 1. The highest BCUT2D eigenvalue weighted by molar-refractivity contribution is 7.98. The van der Waals surface area contributed by atoms with Crippen LogP contribution in [0.25, 0.3) is 16.6 Å². The summed E-state index contributed by atoms with van der Waals surface area (Å²) < 4.78 is 15.5. The van der Waals surface area contributed by atoms with E-state index in [9.17, 15) is 4.39 Å². The lowest BCUT2D eigenvalue weighted by Gasteiger charge is -2.20. The van der Waals surface area contributed by atoms with Crippen LogP contribution < -0.4 is 0 Å². The molecule has 0 bridgehead atoms. The molecule has 0 aliphatic carbocycles. The standard InChI is InChI=1S/C22H21ClFN5S/c1-14(28(2)3)21-26-27-22(29(21)18-10-8-17(24)9-11-18)30-13-16-12-15-6-4-5-7-19(15)25-20(16)23/h4-12,14H,13H2,1-3H3/t14-/m1/s1. The van der Waals surface area contributed by atoms with Crippen LogP contribution in [-0.4, -0.2) is 38.7 Å². The first-order valence-electron chi connectivity index (χ1n) is 9.48. The molecule has 0 saturated heterocycles. The van der Waals surface area contributed by atoms with E-state index in [0.717, 1.165) is 33.1 Å². The van der Waals surface area contributed by atoms with Crippen molar-refractivity contribution >= 4 is 34.3 Å². The Balaban J connectivity index is 1.69. The molecule has 0 aliphatic heterocycles. The fourth-order valence-electron chi connectivity index (χ4n) is 3.09. The van der Waals surface area contributed by atoms with Gasteiger partial charge in [0.1, 0.15) is 11.0 Å². The molecule has 0 amide bonds. The van der Waals surface area contributed by atoms with Gasteiger partial charge in [-0.15, -0.1) is 10.2 Å². The van der Waals surface area contributed by atoms with Crippen molar-refractivity contribution in [2.24, 2.45) is 0 Å². The summed E-state index contributed by atoms with van der Waals surface area (Å²) in [5.74, 6) is 1.10. The zero-order valence-corrected chi connectivity index (χ0v) is 18.5. The van der Waals surface area contributed by atoms with E-state index in [4.69, 9.17) is 11.6 Å². The number of thioether (sulfide) groups is 1. The molecule has 0 fully saturated rings. The second-order valence-electron chi connectivity index (χ2n) is 7.21. The Morgan fingerprint density at radius 1 is 1.10 bits per heavy atom. The Morgan fingerprint density at radius 3 is 2.57 bits per heavy atom. The van der Waals surface area contributed by atoms with E-state index < -0.39 is 0 Å². The van der Waals surface area contributed by atoms with Crippen molar-refractivity contribution in [1.29, 1.82) is 0 Å². The van der Waals surface area contributed by atoms with Gasteiger partial charge in [0, 0.05) is 22.4 Å². The van der Waals surface area contributed by atoms with Crippen LogP contribution in [0.1, 0.15) is 24.4 Å². The average Bonchev–Trinajstić information content (AvgIpc) is 3.16. The molecule has 0 radical (unpaired) electrons. The predicted molar refractivity (Wildman–Crippen MR) is 120 cm³/mol. The summed E-state index contributed by atoms with van der Waals surface area (Å²) in [5, 5.41) is 11.1. The zero-order chi connectivity index (χ0) is 21.3. The first kappa shape index (κ1) is 20.8. The molecule has 2 aromatic heterocycles. The van der Waals surface area contributed by atoms with Gasteiger partial charge in [-0.05, 0) is 57.4 Å². The number of benzene rings is 2. The van der Waals surface area contributed by atoms with E-state index in [1.54, 1.807) is 12.1 Å². The number of halogens is 2. The van der Waals surface area contributed by atoms with Crippen molar-refractivity contribution in [2.75, 3.05) is 14.1 Å². The van der Waals surface area contributed by atoms with Crippen LogP contribution in [0.3, 0.4) is 0 Å². The molecule has 5 nitrogen and oxygen atoms in total. The summed E-state index contributed by atoms with van der Waals surface area (Å²) in [7, 11) is 3.98. The van der Waals surface area contributed by atoms with Crippen molar-refractivity contribution in [1.82, 2.24) is 24.6 Å². The van der Waals surface area contributed by atoms with E-state index in [1.807, 2.05) is 42.9 Å². The van der Waals surface area contributed by atoms with Crippen LogP contribution in [0, 0.1) is 5.82 Å². The Bertz CT molecular complexity index is 1180. The van der Waals surface area contributed by atoms with Gasteiger partial charge in [0.2, 0.25) is 0 Å². The highest BCUT2D eigenvalue weighted by Gasteiger charge is 2.21. The van der Waals surface area contributed by atoms with Crippen LogP contribution in [0.4, 0.5) is 4.39 Å². The molecule has 4 aromatic rings. The van der Waals surface area contributed by atoms with Gasteiger partial charge < -0.3 is 0 Å². The third-order valence-corrected chi connectivity index (χ3v) is 6.30. The Hall–Kier alpha value is -2.48. The first-order chi connectivity index (χ1) is 14.4. The van der Waals surface area contributed by atoms with Crippen molar-refractivity contribution in [3.8, 4) is 5.69 Å². The summed E-state index contributed by atoms with van der Waals surface area (Å²) in [6.07, 6.45) is 0. The number of hydrogen-bond acceptors (Lipinski definition) is 5. The molecule has 0 aliphatic rings. The van der Waals surface area contributed by atoms with Crippen LogP contribution in [0.15, 0.2) is 59.8 Å². The Morgan fingerprint density at radius 2 is 1.83 bits per heavy atom. The van der Waals surface area contributed by atoms with Gasteiger partial charge in [-0.1, -0.05) is 41.6 Å². The van der Waals surface area contributed by atoms with E-state index in [0.29, 0.717) is 10.9 Å². The van der Waals surface area contributed by atoms with E-state index in [2.05, 4.69) is 33.1 Å². The topological polar surface area (TPSA) is 46.8 Å². The molecule has 154 valence electrons. The van der Waals surface area contributed by atoms with Crippen LogP contribution in [0.5, 0.6) is 0 Å². The lowest BCUT2D eigenvalue weighted by Crippen LogP contribution is -2.20. The van der Waals surface area contributed by atoms with Crippen LogP contribution in [-0.2, 0) is 5.75 Å². The lowest BCUT2D eigenvalue weighted by molar-refractivity contribution is 0.305. The molecule has 0 unspecified atom stereocenters. The number of hydrogen-bond donors (Lipinski definition) is 0. The fraction of sp³-hybridized carbons (Fsp3) is 0.227. The SMILES string of the molecule is C[C@H](c1nnc(SCc2cc3ccccc3nc2Cl)n1-c1ccc(F)cc1)N(C)C. The summed E-state index contributed by atoms with van der Waals surface area (Å²) in [6, 6.07) is 16.3. The molecule has 0 N–H and O–H groups in total. The van der Waals surface area contributed by atoms with Gasteiger partial charge in [-0.3, -0.25) is 9.47 Å². The molecular formula is C22H21ClFN5S. The molecule has 2 heterocycles. The maximum atomic E-state index is 13.5. The second-order valence-corrected chi connectivity index (χ2v) is 8.51. The number of fused-ring (bicyclic) bond motifs is 1. The van der Waals surface area contributed by atoms with Gasteiger partial charge in [-0.25, -0.2) is 9.37 Å². The Kier molecular flexibility index (Phi) is 6.04. The molecule has 0 spiro atoms. The van der Waals surface area contributed by atoms with Gasteiger partial charge in [-0.2, -0.15) is 0 Å². The summed E-state index contributed by atoms with van der Waals surface area (Å²) in [4.78, 5) is 6.55. The van der Waals surface area contributed by atoms with Crippen LogP contribution >= 0.6 is 23.4 Å². The third-order valence-electron chi connectivity index (χ3n) is 5.00. The molecule has 2 aromatic carbocycles. The number of nitrogens with zero attached hydrogens (tertiary/aromatic N) is 5. The van der Waals surface area contributed by atoms with Crippen molar-refractivity contribution in [3.63, 3.8) is 0 Å². The minimum Gasteiger partial charge on any atom is -0.300 e. The highest BCUT2D eigenvalue weighted by atomic mass is 35.5. The number of aromatic nitrogens is 4. The summed E-state index contributed by atoms with van der Waals surface area (Å²) >= 11 is 7.95. The summed E-state index contributed by atoms with van der Waals surface area (Å²) in [5.41, 5.74) is 2.61. The fourth-order valence-corrected chi connectivity index (χ4v) is 4.31. The minimum atomic E-state index is -0.280.